The van der Waals surface area contributed by atoms with Crippen molar-refractivity contribution in [2.75, 3.05) is 39.8 Å². The lowest BCUT2D eigenvalue weighted by atomic mass is 10.1. The normalized spacial score (nSPS) is 15.1. The lowest BCUT2D eigenvalue weighted by Crippen LogP contribution is -2.43. The highest BCUT2D eigenvalue weighted by Gasteiger charge is 2.14. The van der Waals surface area contributed by atoms with Crippen LogP contribution in [0, 0.1) is 0 Å². The van der Waals surface area contributed by atoms with Crippen molar-refractivity contribution >= 4 is 28.1 Å². The van der Waals surface area contributed by atoms with Crippen molar-refractivity contribution in [1.29, 1.82) is 0 Å². The molecule has 1 amide bonds. The molecule has 0 spiro atoms. The number of nitrogens with one attached hydrogen (secondary N) is 2. The molecule has 0 bridgehead atoms. The molecule has 4 aromatic rings. The van der Waals surface area contributed by atoms with Gasteiger partial charge in [-0.15, -0.1) is 11.3 Å². The Morgan fingerprint density at radius 1 is 1.09 bits per heavy atom. The Bertz CT molecular complexity index is 1240. The highest BCUT2D eigenvalue weighted by Crippen LogP contribution is 2.25. The Hall–Kier alpha value is -3.00. The number of hydrogen-bond acceptors (Lipinski definition) is 5. The first-order chi connectivity index (χ1) is 16.6. The van der Waals surface area contributed by atoms with Crippen LogP contribution >= 0.6 is 11.3 Å². The molecular weight excluding hydrogens is 442 g/mol. The first kappa shape index (κ1) is 22.8. The van der Waals surface area contributed by atoms with Crippen LogP contribution in [0.3, 0.4) is 0 Å². The molecular formula is C27H31N5OS. The second-order valence-electron chi connectivity index (χ2n) is 9.06. The van der Waals surface area contributed by atoms with Crippen LogP contribution in [0.1, 0.15) is 16.8 Å². The summed E-state index contributed by atoms with van der Waals surface area (Å²) in [6, 6.07) is 16.9. The minimum atomic E-state index is 0.0132. The van der Waals surface area contributed by atoms with E-state index >= 15 is 0 Å². The van der Waals surface area contributed by atoms with Gasteiger partial charge in [0, 0.05) is 67.3 Å². The molecule has 1 fully saturated rings. The van der Waals surface area contributed by atoms with Crippen molar-refractivity contribution in [3.05, 3.63) is 76.9 Å². The van der Waals surface area contributed by atoms with Crippen molar-refractivity contribution < 1.29 is 4.79 Å². The van der Waals surface area contributed by atoms with Crippen LogP contribution in [0.15, 0.2) is 60.1 Å². The monoisotopic (exact) mass is 473 g/mol. The number of aromatic nitrogens is 2. The molecule has 1 aliphatic rings. The highest BCUT2D eigenvalue weighted by atomic mass is 32.1. The summed E-state index contributed by atoms with van der Waals surface area (Å²) in [6.07, 6.45) is 3.14. The van der Waals surface area contributed by atoms with Gasteiger partial charge < -0.3 is 15.2 Å². The molecule has 0 saturated carbocycles. The largest absolute Gasteiger partial charge is 0.361 e. The summed E-state index contributed by atoms with van der Waals surface area (Å²) < 4.78 is 0. The van der Waals surface area contributed by atoms with Crippen LogP contribution in [0.4, 0.5) is 0 Å². The Labute approximate surface area is 204 Å². The van der Waals surface area contributed by atoms with E-state index in [1.165, 1.54) is 16.5 Å². The van der Waals surface area contributed by atoms with Gasteiger partial charge in [-0.3, -0.25) is 9.69 Å². The summed E-state index contributed by atoms with van der Waals surface area (Å²) >= 11 is 1.60. The fraction of sp³-hybridized carbons (Fsp3) is 0.333. The minimum Gasteiger partial charge on any atom is -0.361 e. The number of nitrogens with zero attached hydrogens (tertiary/aromatic N) is 3. The topological polar surface area (TPSA) is 64.3 Å². The van der Waals surface area contributed by atoms with Crippen LogP contribution in [0.25, 0.3) is 21.5 Å². The Morgan fingerprint density at radius 2 is 1.88 bits per heavy atom. The average Bonchev–Trinajstić information content (AvgIpc) is 3.48. The molecule has 5 rings (SSSR count). The molecule has 0 radical (unpaired) electrons. The van der Waals surface area contributed by atoms with E-state index in [4.69, 9.17) is 4.98 Å². The van der Waals surface area contributed by atoms with Gasteiger partial charge >= 0.3 is 0 Å². The third kappa shape index (κ3) is 5.55. The number of piperazine rings is 1. The van der Waals surface area contributed by atoms with Crippen molar-refractivity contribution in [3.8, 4) is 10.6 Å². The lowest BCUT2D eigenvalue weighted by molar-refractivity contribution is -0.120. The number of amides is 1. The molecule has 34 heavy (non-hydrogen) atoms. The third-order valence-electron chi connectivity index (χ3n) is 6.49. The maximum Gasteiger partial charge on any atom is 0.226 e. The predicted octanol–water partition coefficient (Wildman–Crippen LogP) is 3.94. The van der Waals surface area contributed by atoms with E-state index in [-0.39, 0.29) is 5.91 Å². The van der Waals surface area contributed by atoms with Gasteiger partial charge in [0.1, 0.15) is 5.01 Å². The molecule has 7 heteroatoms. The van der Waals surface area contributed by atoms with Crippen LogP contribution in [0.2, 0.25) is 0 Å². The van der Waals surface area contributed by atoms with Crippen LogP contribution in [0.5, 0.6) is 0 Å². The van der Waals surface area contributed by atoms with Crippen molar-refractivity contribution in [2.24, 2.45) is 0 Å². The van der Waals surface area contributed by atoms with Gasteiger partial charge in [0.2, 0.25) is 5.91 Å². The van der Waals surface area contributed by atoms with Crippen LogP contribution < -0.4 is 5.32 Å². The van der Waals surface area contributed by atoms with Gasteiger partial charge in [-0.2, -0.15) is 0 Å². The van der Waals surface area contributed by atoms with E-state index in [0.717, 1.165) is 60.9 Å². The SMILES string of the molecule is CN1CCN(Cc2ccc(-c3nc(CC(=O)NCCc4c[nH]c5ccccc45)cs3)cc2)CC1. The fourth-order valence-corrected chi connectivity index (χ4v) is 5.27. The second-order valence-corrected chi connectivity index (χ2v) is 9.91. The quantitative estimate of drug-likeness (QED) is 0.407. The van der Waals surface area contributed by atoms with E-state index in [9.17, 15) is 4.79 Å². The van der Waals surface area contributed by atoms with Gasteiger partial charge in [0.25, 0.3) is 0 Å². The molecule has 2 aromatic carbocycles. The van der Waals surface area contributed by atoms with Crippen LogP contribution in [-0.4, -0.2) is 65.4 Å². The summed E-state index contributed by atoms with van der Waals surface area (Å²) in [5, 5.41) is 7.21. The van der Waals surface area contributed by atoms with Gasteiger partial charge in [-0.05, 0) is 30.7 Å². The predicted molar refractivity (Wildman–Crippen MR) is 139 cm³/mol. The summed E-state index contributed by atoms with van der Waals surface area (Å²) in [5.41, 5.74) is 5.62. The molecule has 2 N–H and O–H groups in total. The summed E-state index contributed by atoms with van der Waals surface area (Å²) in [7, 11) is 2.18. The number of likely N-dealkylation sites (N-methyl/N-ethyl adjacent to an activating group) is 1. The highest BCUT2D eigenvalue weighted by molar-refractivity contribution is 7.13. The zero-order chi connectivity index (χ0) is 23.3. The van der Waals surface area contributed by atoms with Crippen molar-refractivity contribution in [3.63, 3.8) is 0 Å². The van der Waals surface area contributed by atoms with E-state index in [1.807, 2.05) is 23.7 Å². The first-order valence-electron chi connectivity index (χ1n) is 11.9. The van der Waals surface area contributed by atoms with Gasteiger partial charge in [0.15, 0.2) is 0 Å². The van der Waals surface area contributed by atoms with Gasteiger partial charge in [-0.25, -0.2) is 4.98 Å². The molecule has 0 unspecified atom stereocenters. The number of rotatable bonds is 8. The number of benzene rings is 2. The molecule has 2 aromatic heterocycles. The number of H-pyrrole nitrogens is 1. The van der Waals surface area contributed by atoms with E-state index in [1.54, 1.807) is 11.3 Å². The Morgan fingerprint density at radius 3 is 2.71 bits per heavy atom. The Kier molecular flexibility index (Phi) is 7.04. The van der Waals surface area contributed by atoms with Gasteiger partial charge in [-0.1, -0.05) is 42.5 Å². The Balaban J connectivity index is 1.10. The molecule has 1 saturated heterocycles. The van der Waals surface area contributed by atoms with Crippen molar-refractivity contribution in [2.45, 2.75) is 19.4 Å². The number of carbonyl (C=O) groups is 1. The standard InChI is InChI=1S/C27H31N5OS/c1-31-12-14-32(15-13-31)18-20-6-8-21(9-7-20)27-30-23(19-34-27)16-26(33)28-11-10-22-17-29-25-5-3-2-4-24(22)25/h2-9,17,19,29H,10-16,18H2,1H3,(H,28,33). The molecule has 3 heterocycles. The maximum absolute atomic E-state index is 12.4. The van der Waals surface area contributed by atoms with Crippen LogP contribution in [-0.2, 0) is 24.2 Å². The minimum absolute atomic E-state index is 0.0132. The molecule has 176 valence electrons. The lowest BCUT2D eigenvalue weighted by Gasteiger charge is -2.32. The van der Waals surface area contributed by atoms with E-state index in [0.29, 0.717) is 13.0 Å². The molecule has 0 aliphatic carbocycles. The summed E-state index contributed by atoms with van der Waals surface area (Å²) in [4.78, 5) is 25.3. The number of fused-ring (bicyclic) bond motifs is 1. The fourth-order valence-electron chi connectivity index (χ4n) is 4.44. The van der Waals surface area contributed by atoms with Crippen molar-refractivity contribution in [1.82, 2.24) is 25.1 Å². The summed E-state index contributed by atoms with van der Waals surface area (Å²) in [5.74, 6) is 0.0132. The number of thiazole rings is 1. The maximum atomic E-state index is 12.4. The number of hydrogen-bond donors (Lipinski definition) is 2. The number of aromatic amines is 1. The zero-order valence-corrected chi connectivity index (χ0v) is 20.4. The number of para-hydroxylation sites is 1. The summed E-state index contributed by atoms with van der Waals surface area (Å²) in [6.45, 7) is 6.13. The third-order valence-corrected chi connectivity index (χ3v) is 7.43. The smallest absolute Gasteiger partial charge is 0.226 e. The molecule has 6 nitrogen and oxygen atoms in total. The average molecular weight is 474 g/mol. The molecule has 0 atom stereocenters. The van der Waals surface area contributed by atoms with Gasteiger partial charge in [0.05, 0.1) is 12.1 Å². The van der Waals surface area contributed by atoms with E-state index in [2.05, 4.69) is 63.5 Å². The zero-order valence-electron chi connectivity index (χ0n) is 19.6. The molecule has 1 aliphatic heterocycles. The first-order valence-corrected chi connectivity index (χ1v) is 12.8. The second kappa shape index (κ2) is 10.5. The van der Waals surface area contributed by atoms with E-state index < -0.39 is 0 Å². The number of carbonyl (C=O) groups excluding carboxylic acids is 1.